The summed E-state index contributed by atoms with van der Waals surface area (Å²) in [5, 5.41) is 3.68. The van der Waals surface area contributed by atoms with Crippen molar-refractivity contribution < 1.29 is 4.79 Å². The number of nitrogens with zero attached hydrogens (tertiary/aromatic N) is 3. The van der Waals surface area contributed by atoms with Crippen LogP contribution in [0.1, 0.15) is 27.7 Å². The summed E-state index contributed by atoms with van der Waals surface area (Å²) >= 11 is 1.96. The lowest BCUT2D eigenvalue weighted by molar-refractivity contribution is 0.123. The van der Waals surface area contributed by atoms with E-state index >= 15 is 0 Å². The molecule has 2 aliphatic heterocycles. The summed E-state index contributed by atoms with van der Waals surface area (Å²) in [5.74, 6) is 1.55. The van der Waals surface area contributed by atoms with Crippen LogP contribution in [-0.2, 0) is 0 Å². The lowest BCUT2D eigenvalue weighted by Crippen LogP contribution is -2.53. The molecule has 2 heterocycles. The largest absolute Gasteiger partial charge is 0.338 e. The number of amides is 2. The van der Waals surface area contributed by atoms with Crippen molar-refractivity contribution in [3.05, 3.63) is 0 Å². The second-order valence-electron chi connectivity index (χ2n) is 7.04. The van der Waals surface area contributed by atoms with Crippen molar-refractivity contribution in [3.63, 3.8) is 0 Å². The summed E-state index contributed by atoms with van der Waals surface area (Å²) in [7, 11) is 0. The molecule has 0 spiro atoms. The van der Waals surface area contributed by atoms with E-state index in [-0.39, 0.29) is 6.03 Å². The number of urea groups is 1. The minimum Gasteiger partial charge on any atom is -0.338 e. The molecule has 0 unspecified atom stereocenters. The van der Waals surface area contributed by atoms with Gasteiger partial charge in [0.05, 0.1) is 0 Å². The first kappa shape index (κ1) is 18.9. The minimum atomic E-state index is 0.118. The van der Waals surface area contributed by atoms with Gasteiger partial charge in [0.15, 0.2) is 0 Å². The first-order valence-corrected chi connectivity index (χ1v) is 10.2. The van der Waals surface area contributed by atoms with Crippen molar-refractivity contribution >= 4 is 17.8 Å². The van der Waals surface area contributed by atoms with E-state index in [1.165, 1.54) is 13.1 Å². The quantitative estimate of drug-likeness (QED) is 0.827. The molecule has 1 N–H and O–H groups in total. The fraction of sp³-hybridized carbons (Fsp3) is 0.941. The Morgan fingerprint density at radius 3 is 2.48 bits per heavy atom. The first-order chi connectivity index (χ1) is 11.0. The molecule has 0 aliphatic carbocycles. The Hall–Kier alpha value is -0.460. The van der Waals surface area contributed by atoms with Crippen LogP contribution >= 0.6 is 11.8 Å². The van der Waals surface area contributed by atoms with Gasteiger partial charge in [-0.3, -0.25) is 0 Å². The zero-order valence-corrected chi connectivity index (χ0v) is 16.1. The summed E-state index contributed by atoms with van der Waals surface area (Å²) in [6, 6.07) is 0.443. The summed E-state index contributed by atoms with van der Waals surface area (Å²) in [6.45, 7) is 17.4. The Labute approximate surface area is 146 Å². The molecule has 23 heavy (non-hydrogen) atoms. The van der Waals surface area contributed by atoms with Crippen LogP contribution in [0.3, 0.4) is 0 Å². The third kappa shape index (κ3) is 5.54. The number of carbonyl (C=O) groups excluding carboxylic acids is 1. The van der Waals surface area contributed by atoms with E-state index in [0.717, 1.165) is 45.0 Å². The maximum Gasteiger partial charge on any atom is 0.317 e. The third-order valence-electron chi connectivity index (χ3n) is 5.23. The lowest BCUT2D eigenvalue weighted by atomic mass is 10.1. The van der Waals surface area contributed by atoms with E-state index < -0.39 is 0 Å². The van der Waals surface area contributed by atoms with Gasteiger partial charge in [0, 0.05) is 62.9 Å². The molecule has 0 aromatic rings. The number of nitrogens with one attached hydrogen (secondary N) is 1. The van der Waals surface area contributed by atoms with Gasteiger partial charge >= 0.3 is 6.03 Å². The van der Waals surface area contributed by atoms with Crippen LogP contribution in [0.4, 0.5) is 4.79 Å². The standard InChI is InChI=1S/C17H34N4OS/c1-5-19-6-8-20(9-7-19)13-14(2)12-18-17(22)21-10-11-23-16(4)15(21)3/h14-16H,5-13H2,1-4H3,(H,18,22)/t14-,15-,16-/m1/s1. The van der Waals surface area contributed by atoms with Crippen molar-refractivity contribution in [1.29, 1.82) is 0 Å². The fourth-order valence-electron chi connectivity index (χ4n) is 3.38. The molecule has 5 nitrogen and oxygen atoms in total. The molecule has 0 saturated carbocycles. The SMILES string of the molecule is CCN1CCN(C[C@H](C)CNC(=O)N2CCS[C@H](C)[C@H]2C)CC1. The zero-order chi connectivity index (χ0) is 16.8. The van der Waals surface area contributed by atoms with Gasteiger partial charge in [0.25, 0.3) is 0 Å². The zero-order valence-electron chi connectivity index (χ0n) is 15.3. The molecule has 6 heteroatoms. The summed E-state index contributed by atoms with van der Waals surface area (Å²) in [5.41, 5.74) is 0. The Morgan fingerprint density at radius 2 is 1.83 bits per heavy atom. The Morgan fingerprint density at radius 1 is 1.17 bits per heavy atom. The molecular formula is C17H34N4OS. The van der Waals surface area contributed by atoms with Crippen LogP contribution in [0, 0.1) is 5.92 Å². The third-order valence-corrected chi connectivity index (χ3v) is 6.57. The van der Waals surface area contributed by atoms with Crippen LogP contribution in [0.2, 0.25) is 0 Å². The number of piperazine rings is 1. The van der Waals surface area contributed by atoms with Gasteiger partial charge in [-0.25, -0.2) is 4.79 Å². The Kier molecular flexibility index (Phi) is 7.50. The molecule has 2 aliphatic rings. The highest BCUT2D eigenvalue weighted by Crippen LogP contribution is 2.24. The fourth-order valence-corrected chi connectivity index (χ4v) is 4.48. The Bertz CT molecular complexity index is 374. The van der Waals surface area contributed by atoms with Crippen LogP contribution in [0.25, 0.3) is 0 Å². The number of carbonyl (C=O) groups is 1. The van der Waals surface area contributed by atoms with Crippen LogP contribution in [0.5, 0.6) is 0 Å². The summed E-state index contributed by atoms with van der Waals surface area (Å²) in [6.07, 6.45) is 0. The van der Waals surface area contributed by atoms with E-state index in [2.05, 4.69) is 42.8 Å². The van der Waals surface area contributed by atoms with Gasteiger partial charge in [0.2, 0.25) is 0 Å². The van der Waals surface area contributed by atoms with Crippen molar-refractivity contribution in [1.82, 2.24) is 20.0 Å². The number of rotatable bonds is 5. The van der Waals surface area contributed by atoms with Crippen molar-refractivity contribution in [2.24, 2.45) is 5.92 Å². The highest BCUT2D eigenvalue weighted by atomic mass is 32.2. The molecule has 3 atom stereocenters. The van der Waals surface area contributed by atoms with Gasteiger partial charge in [-0.2, -0.15) is 11.8 Å². The molecule has 2 fully saturated rings. The highest BCUT2D eigenvalue weighted by Gasteiger charge is 2.29. The topological polar surface area (TPSA) is 38.8 Å². The monoisotopic (exact) mass is 342 g/mol. The van der Waals surface area contributed by atoms with E-state index in [4.69, 9.17) is 0 Å². The van der Waals surface area contributed by atoms with Crippen LogP contribution < -0.4 is 5.32 Å². The normalized spacial score (nSPS) is 28.6. The van der Waals surface area contributed by atoms with Gasteiger partial charge < -0.3 is 20.0 Å². The maximum atomic E-state index is 12.4. The summed E-state index contributed by atoms with van der Waals surface area (Å²) < 4.78 is 0. The van der Waals surface area contributed by atoms with Crippen LogP contribution in [0.15, 0.2) is 0 Å². The van der Waals surface area contributed by atoms with Crippen molar-refractivity contribution in [2.45, 2.75) is 39.0 Å². The van der Waals surface area contributed by atoms with Gasteiger partial charge in [-0.05, 0) is 19.4 Å². The molecule has 0 aromatic carbocycles. The summed E-state index contributed by atoms with van der Waals surface area (Å²) in [4.78, 5) is 19.5. The minimum absolute atomic E-state index is 0.118. The van der Waals surface area contributed by atoms with E-state index in [0.29, 0.717) is 17.2 Å². The van der Waals surface area contributed by atoms with Gasteiger partial charge in [-0.1, -0.05) is 20.8 Å². The van der Waals surface area contributed by atoms with Crippen LogP contribution in [-0.4, -0.2) is 90.1 Å². The average molecular weight is 343 g/mol. The predicted molar refractivity (Wildman–Crippen MR) is 99.2 cm³/mol. The van der Waals surface area contributed by atoms with Gasteiger partial charge in [0.1, 0.15) is 0 Å². The number of hydrogen-bond acceptors (Lipinski definition) is 4. The highest BCUT2D eigenvalue weighted by molar-refractivity contribution is 8.00. The second-order valence-corrected chi connectivity index (χ2v) is 8.52. The molecule has 0 radical (unpaired) electrons. The molecule has 0 aromatic heterocycles. The molecule has 134 valence electrons. The second kappa shape index (κ2) is 9.14. The van der Waals surface area contributed by atoms with Crippen molar-refractivity contribution in [3.8, 4) is 0 Å². The van der Waals surface area contributed by atoms with E-state index in [1.54, 1.807) is 0 Å². The smallest absolute Gasteiger partial charge is 0.317 e. The van der Waals surface area contributed by atoms with Gasteiger partial charge in [-0.15, -0.1) is 0 Å². The average Bonchev–Trinajstić information content (AvgIpc) is 2.56. The lowest BCUT2D eigenvalue weighted by Gasteiger charge is -2.38. The maximum absolute atomic E-state index is 12.4. The number of likely N-dealkylation sites (N-methyl/N-ethyl adjacent to an activating group) is 1. The van der Waals surface area contributed by atoms with E-state index in [1.807, 2.05) is 16.7 Å². The molecule has 2 amide bonds. The van der Waals surface area contributed by atoms with Crippen molar-refractivity contribution in [2.75, 3.05) is 58.1 Å². The number of hydrogen-bond donors (Lipinski definition) is 1. The predicted octanol–water partition coefficient (Wildman–Crippen LogP) is 1.80. The molecule has 2 rings (SSSR count). The van der Waals surface area contributed by atoms with E-state index in [9.17, 15) is 4.79 Å². The first-order valence-electron chi connectivity index (χ1n) is 9.12. The Balaban J connectivity index is 1.67. The number of thioether (sulfide) groups is 1. The molecule has 0 bridgehead atoms. The molecule has 2 saturated heterocycles. The molecular weight excluding hydrogens is 308 g/mol.